The highest BCUT2D eigenvalue weighted by atomic mass is 32.2. The van der Waals surface area contributed by atoms with Crippen LogP contribution in [-0.2, 0) is 19.4 Å². The van der Waals surface area contributed by atoms with Gasteiger partial charge in [0.1, 0.15) is 0 Å². The fourth-order valence-corrected chi connectivity index (χ4v) is 4.03. The van der Waals surface area contributed by atoms with Crippen molar-refractivity contribution in [3.8, 4) is 0 Å². The monoisotopic (exact) mass is 305 g/mol. The van der Waals surface area contributed by atoms with Gasteiger partial charge in [0.15, 0.2) is 9.84 Å². The van der Waals surface area contributed by atoms with Crippen LogP contribution in [0.2, 0.25) is 0 Å². The van der Waals surface area contributed by atoms with Crippen LogP contribution >= 0.6 is 0 Å². The van der Waals surface area contributed by atoms with E-state index in [-0.39, 0.29) is 29.4 Å². The highest BCUT2D eigenvalue weighted by Gasteiger charge is 2.33. The van der Waals surface area contributed by atoms with Crippen molar-refractivity contribution in [2.75, 3.05) is 11.5 Å². The minimum absolute atomic E-state index is 0.0540. The van der Waals surface area contributed by atoms with E-state index in [0.29, 0.717) is 19.3 Å². The summed E-state index contributed by atoms with van der Waals surface area (Å²) in [5, 5.41) is 11.6. The van der Waals surface area contributed by atoms with E-state index in [9.17, 15) is 18.0 Å². The van der Waals surface area contributed by atoms with Crippen molar-refractivity contribution >= 4 is 21.7 Å². The normalized spacial score (nSPS) is 24.0. The number of rotatable bonds is 7. The average Bonchev–Trinajstić information content (AvgIpc) is 2.69. The largest absolute Gasteiger partial charge is 0.481 e. The fourth-order valence-electron chi connectivity index (χ4n) is 2.29. The Morgan fingerprint density at radius 1 is 1.30 bits per heavy atom. The van der Waals surface area contributed by atoms with E-state index in [1.54, 1.807) is 6.92 Å². The lowest BCUT2D eigenvalue weighted by atomic mass is 10.0. The summed E-state index contributed by atoms with van der Waals surface area (Å²) in [6.07, 6.45) is 2.39. The second-order valence-corrected chi connectivity index (χ2v) is 7.91. The molecule has 6 nitrogen and oxygen atoms in total. The van der Waals surface area contributed by atoms with Gasteiger partial charge in [0.2, 0.25) is 5.91 Å². The van der Waals surface area contributed by atoms with Crippen LogP contribution in [-0.4, -0.2) is 42.9 Å². The molecule has 3 unspecified atom stereocenters. The summed E-state index contributed by atoms with van der Waals surface area (Å²) in [5.74, 6) is -1.78. The molecule has 7 heteroatoms. The van der Waals surface area contributed by atoms with Crippen molar-refractivity contribution < 1.29 is 23.1 Å². The molecule has 0 aromatic rings. The molecule has 1 rings (SSSR count). The van der Waals surface area contributed by atoms with Crippen molar-refractivity contribution in [1.82, 2.24) is 5.32 Å². The van der Waals surface area contributed by atoms with E-state index in [4.69, 9.17) is 5.11 Å². The zero-order valence-electron chi connectivity index (χ0n) is 12.0. The number of carboxylic acid groups (broad SMARTS) is 1. The number of carbonyl (C=O) groups excluding carboxylic acids is 1. The van der Waals surface area contributed by atoms with Crippen LogP contribution in [0.25, 0.3) is 0 Å². The Morgan fingerprint density at radius 2 is 1.95 bits per heavy atom. The Balaban J connectivity index is 2.27. The van der Waals surface area contributed by atoms with Gasteiger partial charge in [0.25, 0.3) is 0 Å². The molecule has 20 heavy (non-hydrogen) atoms. The van der Waals surface area contributed by atoms with Crippen LogP contribution in [0.15, 0.2) is 0 Å². The topological polar surface area (TPSA) is 101 Å². The van der Waals surface area contributed by atoms with Crippen LogP contribution in [0.4, 0.5) is 0 Å². The SMILES string of the molecule is CC(CCCC(C)C(=O)O)NC(=O)C1CCS(=O)(=O)C1. The first-order valence-corrected chi connectivity index (χ1v) is 8.77. The lowest BCUT2D eigenvalue weighted by molar-refractivity contribution is -0.141. The molecule has 0 spiro atoms. The van der Waals surface area contributed by atoms with E-state index >= 15 is 0 Å². The molecule has 3 atom stereocenters. The van der Waals surface area contributed by atoms with Crippen LogP contribution in [0, 0.1) is 11.8 Å². The van der Waals surface area contributed by atoms with E-state index in [1.165, 1.54) is 0 Å². The molecule has 0 saturated carbocycles. The van der Waals surface area contributed by atoms with Gasteiger partial charge in [-0.25, -0.2) is 8.42 Å². The zero-order chi connectivity index (χ0) is 15.3. The molecule has 0 radical (unpaired) electrons. The first-order chi connectivity index (χ1) is 9.21. The standard InChI is InChI=1S/C13H23NO5S/c1-9(13(16)17)4-3-5-10(2)14-12(15)11-6-7-20(18,19)8-11/h9-11H,3-8H2,1-2H3,(H,14,15)(H,16,17). The number of aliphatic carboxylic acids is 1. The van der Waals surface area contributed by atoms with Crippen molar-refractivity contribution in [3.05, 3.63) is 0 Å². The number of hydrogen-bond donors (Lipinski definition) is 2. The van der Waals surface area contributed by atoms with Gasteiger partial charge in [-0.3, -0.25) is 9.59 Å². The predicted molar refractivity (Wildman–Crippen MR) is 75.0 cm³/mol. The van der Waals surface area contributed by atoms with Crippen molar-refractivity contribution in [2.45, 2.75) is 45.6 Å². The molecule has 116 valence electrons. The second kappa shape index (κ2) is 7.06. The molecule has 1 fully saturated rings. The predicted octanol–water partition coefficient (Wildman–Crippen LogP) is 0.817. The maximum absolute atomic E-state index is 11.9. The maximum Gasteiger partial charge on any atom is 0.306 e. The second-order valence-electron chi connectivity index (χ2n) is 5.68. The summed E-state index contributed by atoms with van der Waals surface area (Å²) < 4.78 is 22.6. The summed E-state index contributed by atoms with van der Waals surface area (Å²) in [6.45, 7) is 3.52. The number of carboxylic acids is 1. The lowest BCUT2D eigenvalue weighted by Crippen LogP contribution is -2.37. The van der Waals surface area contributed by atoms with E-state index in [1.807, 2.05) is 6.92 Å². The van der Waals surface area contributed by atoms with Gasteiger partial charge in [-0.1, -0.05) is 13.3 Å². The van der Waals surface area contributed by atoms with Crippen molar-refractivity contribution in [2.24, 2.45) is 11.8 Å². The van der Waals surface area contributed by atoms with Crippen LogP contribution < -0.4 is 5.32 Å². The Labute approximate surface area is 119 Å². The number of carbonyl (C=O) groups is 2. The molecular formula is C13H23NO5S. The molecular weight excluding hydrogens is 282 g/mol. The molecule has 1 aliphatic rings. The molecule has 1 saturated heterocycles. The van der Waals surface area contributed by atoms with Crippen LogP contribution in [0.5, 0.6) is 0 Å². The maximum atomic E-state index is 11.9. The molecule has 1 aliphatic heterocycles. The van der Waals surface area contributed by atoms with E-state index in [0.717, 1.165) is 6.42 Å². The number of nitrogens with one attached hydrogen (secondary N) is 1. The van der Waals surface area contributed by atoms with Crippen molar-refractivity contribution in [1.29, 1.82) is 0 Å². The highest BCUT2D eigenvalue weighted by Crippen LogP contribution is 2.19. The summed E-state index contributed by atoms with van der Waals surface area (Å²) >= 11 is 0. The van der Waals surface area contributed by atoms with Gasteiger partial charge in [-0.15, -0.1) is 0 Å². The van der Waals surface area contributed by atoms with Crippen LogP contribution in [0.3, 0.4) is 0 Å². The van der Waals surface area contributed by atoms with E-state index < -0.39 is 21.7 Å². The van der Waals surface area contributed by atoms with Crippen molar-refractivity contribution in [3.63, 3.8) is 0 Å². The third kappa shape index (κ3) is 5.48. The number of sulfone groups is 1. The quantitative estimate of drug-likeness (QED) is 0.725. The molecule has 2 N–H and O–H groups in total. The average molecular weight is 305 g/mol. The van der Waals surface area contributed by atoms with Gasteiger partial charge < -0.3 is 10.4 Å². The molecule has 0 aromatic carbocycles. The number of amides is 1. The summed E-state index contributed by atoms with van der Waals surface area (Å²) in [6, 6.07) is -0.0631. The third-order valence-electron chi connectivity index (χ3n) is 3.69. The smallest absolute Gasteiger partial charge is 0.306 e. The van der Waals surface area contributed by atoms with Gasteiger partial charge in [-0.2, -0.15) is 0 Å². The highest BCUT2D eigenvalue weighted by molar-refractivity contribution is 7.91. The third-order valence-corrected chi connectivity index (χ3v) is 5.46. The van der Waals surface area contributed by atoms with Gasteiger partial charge in [-0.05, 0) is 26.2 Å². The number of hydrogen-bond acceptors (Lipinski definition) is 4. The molecule has 0 aliphatic carbocycles. The summed E-state index contributed by atoms with van der Waals surface area (Å²) in [4.78, 5) is 22.5. The molecule has 1 heterocycles. The Morgan fingerprint density at radius 3 is 2.45 bits per heavy atom. The zero-order valence-corrected chi connectivity index (χ0v) is 12.8. The minimum Gasteiger partial charge on any atom is -0.481 e. The van der Waals surface area contributed by atoms with Crippen LogP contribution in [0.1, 0.15) is 39.5 Å². The first kappa shape index (κ1) is 16.9. The Kier molecular flexibility index (Phi) is 5.98. The van der Waals surface area contributed by atoms with E-state index in [2.05, 4.69) is 5.32 Å². The molecule has 0 aromatic heterocycles. The summed E-state index contributed by atoms with van der Waals surface area (Å²) in [7, 11) is -3.04. The van der Waals surface area contributed by atoms with Gasteiger partial charge in [0, 0.05) is 6.04 Å². The first-order valence-electron chi connectivity index (χ1n) is 6.95. The summed E-state index contributed by atoms with van der Waals surface area (Å²) in [5.41, 5.74) is 0. The molecule has 1 amide bonds. The Hall–Kier alpha value is -1.11. The molecule has 0 bridgehead atoms. The lowest BCUT2D eigenvalue weighted by Gasteiger charge is -2.16. The van der Waals surface area contributed by atoms with Gasteiger partial charge in [0.05, 0.1) is 23.3 Å². The fraction of sp³-hybridized carbons (Fsp3) is 0.846. The van der Waals surface area contributed by atoms with Gasteiger partial charge >= 0.3 is 5.97 Å². The minimum atomic E-state index is -3.04. The Bertz CT molecular complexity index is 459.